The molecule has 0 bridgehead atoms. The monoisotopic (exact) mass is 576 g/mol. The lowest BCUT2D eigenvalue weighted by atomic mass is 9.80. The van der Waals surface area contributed by atoms with Crippen LogP contribution in [-0.2, 0) is 31.7 Å². The number of hydrogen-bond donors (Lipinski definition) is 1. The summed E-state index contributed by atoms with van der Waals surface area (Å²) in [6, 6.07) is 26.8. The predicted octanol–water partition coefficient (Wildman–Crippen LogP) is 3.76. The van der Waals surface area contributed by atoms with Gasteiger partial charge in [-0.05, 0) is 47.4 Å². The summed E-state index contributed by atoms with van der Waals surface area (Å²) in [6.45, 7) is 1.13. The van der Waals surface area contributed by atoms with Gasteiger partial charge in [-0.1, -0.05) is 72.8 Å². The van der Waals surface area contributed by atoms with E-state index in [0.717, 1.165) is 22.9 Å². The van der Waals surface area contributed by atoms with Gasteiger partial charge in [-0.2, -0.15) is 8.42 Å². The second kappa shape index (κ2) is 12.5. The Morgan fingerprint density at radius 3 is 1.93 bits per heavy atom. The van der Waals surface area contributed by atoms with Crippen LogP contribution in [0, 0.1) is 6.92 Å². The van der Waals surface area contributed by atoms with Crippen LogP contribution in [0.4, 0.5) is 0 Å². The van der Waals surface area contributed by atoms with E-state index in [2.05, 4.69) is 4.98 Å². The fourth-order valence-electron chi connectivity index (χ4n) is 4.58. The number of benzene rings is 3. The summed E-state index contributed by atoms with van der Waals surface area (Å²) in [4.78, 5) is 27.0. The molecule has 1 heterocycles. The first-order valence-corrected chi connectivity index (χ1v) is 14.6. The Morgan fingerprint density at radius 2 is 1.41 bits per heavy atom. The van der Waals surface area contributed by atoms with Crippen LogP contribution < -0.4 is 16.0 Å². The van der Waals surface area contributed by atoms with Crippen molar-refractivity contribution in [2.75, 3.05) is 26.6 Å². The normalized spacial score (nSPS) is 12.3. The van der Waals surface area contributed by atoms with Crippen molar-refractivity contribution in [1.82, 2.24) is 9.55 Å². The number of ether oxygens (including phenoxy) is 2. The van der Waals surface area contributed by atoms with E-state index in [0.29, 0.717) is 17.0 Å². The molecule has 0 aliphatic carbocycles. The number of hydrogen-bond acceptors (Lipinski definition) is 7. The summed E-state index contributed by atoms with van der Waals surface area (Å²) >= 11 is 0. The Labute approximate surface area is 238 Å². The summed E-state index contributed by atoms with van der Waals surface area (Å²) in [5.41, 5.74) is 1.19. The van der Waals surface area contributed by atoms with E-state index in [-0.39, 0.29) is 18.8 Å². The molecule has 4 aromatic rings. The smallest absolute Gasteiger partial charge is 0.328 e. The van der Waals surface area contributed by atoms with Gasteiger partial charge >= 0.3 is 5.69 Å². The van der Waals surface area contributed by atoms with Crippen molar-refractivity contribution in [3.8, 4) is 5.75 Å². The molecule has 3 aromatic carbocycles. The second-order valence-electron chi connectivity index (χ2n) is 9.53. The molecule has 214 valence electrons. The topological polar surface area (TPSA) is 117 Å². The van der Waals surface area contributed by atoms with Gasteiger partial charge in [-0.15, -0.1) is 0 Å². The van der Waals surface area contributed by atoms with E-state index in [1.54, 1.807) is 20.1 Å². The van der Waals surface area contributed by atoms with Crippen LogP contribution in [0.15, 0.2) is 100 Å². The van der Waals surface area contributed by atoms with E-state index in [1.807, 2.05) is 84.9 Å². The van der Waals surface area contributed by atoms with Crippen LogP contribution in [0.3, 0.4) is 0 Å². The van der Waals surface area contributed by atoms with Crippen molar-refractivity contribution in [3.63, 3.8) is 0 Å². The highest BCUT2D eigenvalue weighted by molar-refractivity contribution is 7.86. The summed E-state index contributed by atoms with van der Waals surface area (Å²) in [5, 5.41) is 0. The molecule has 0 atom stereocenters. The van der Waals surface area contributed by atoms with Gasteiger partial charge in [0, 0.05) is 12.6 Å². The average molecular weight is 577 g/mol. The summed E-state index contributed by atoms with van der Waals surface area (Å²) < 4.78 is 42.5. The van der Waals surface area contributed by atoms with Crippen molar-refractivity contribution >= 4 is 16.2 Å². The van der Waals surface area contributed by atoms with Gasteiger partial charge in [0.2, 0.25) is 0 Å². The van der Waals surface area contributed by atoms with Crippen LogP contribution >= 0.6 is 0 Å². The van der Waals surface area contributed by atoms with Crippen molar-refractivity contribution in [1.29, 1.82) is 0 Å². The molecular weight excluding hydrogens is 544 g/mol. The Hall–Kier alpha value is -4.25. The molecule has 0 unspecified atom stereocenters. The maximum Gasteiger partial charge on any atom is 0.328 e. The molecule has 0 spiro atoms. The third-order valence-electron chi connectivity index (χ3n) is 6.74. The predicted molar refractivity (Wildman–Crippen MR) is 158 cm³/mol. The highest BCUT2D eigenvalue weighted by Gasteiger charge is 2.38. The number of methoxy groups -OCH3 is 1. The lowest BCUT2D eigenvalue weighted by Gasteiger charge is -2.36. The zero-order valence-corrected chi connectivity index (χ0v) is 24.1. The van der Waals surface area contributed by atoms with Crippen LogP contribution in [0.2, 0.25) is 0 Å². The molecule has 1 N–H and O–H groups in total. The molecule has 0 aliphatic rings. The molecule has 0 amide bonds. The minimum Gasteiger partial charge on any atom is -0.497 e. The van der Waals surface area contributed by atoms with Gasteiger partial charge < -0.3 is 9.47 Å². The van der Waals surface area contributed by atoms with E-state index in [9.17, 15) is 18.0 Å². The first-order chi connectivity index (χ1) is 19.5. The van der Waals surface area contributed by atoms with E-state index >= 15 is 0 Å². The van der Waals surface area contributed by atoms with E-state index in [4.69, 9.17) is 13.7 Å². The molecule has 1 aromatic heterocycles. The van der Waals surface area contributed by atoms with Gasteiger partial charge in [0.05, 0.1) is 32.3 Å². The first-order valence-electron chi connectivity index (χ1n) is 12.8. The van der Waals surface area contributed by atoms with Crippen molar-refractivity contribution in [2.24, 2.45) is 7.05 Å². The van der Waals surface area contributed by atoms with Crippen molar-refractivity contribution < 1.29 is 22.1 Å². The van der Waals surface area contributed by atoms with Crippen molar-refractivity contribution in [2.45, 2.75) is 12.5 Å². The molecule has 9 nitrogen and oxygen atoms in total. The molecule has 0 fully saturated rings. The van der Waals surface area contributed by atoms with Gasteiger partial charge in [0.1, 0.15) is 11.4 Å². The standard InChI is InChI=1S/C31H32N2O7S/c1-22-28(33(2)30(35)32-29(22)34)19-23(21-40-41(4,36)37)20-39-31(24-11-7-5-8-12-24,25-13-9-6-10-14-25)26-15-17-27(38-3)18-16-26/h5-19H,20-21H2,1-4H3,(H,32,34,35)/b23-19-. The molecule has 0 saturated carbocycles. The molecule has 0 saturated heterocycles. The number of rotatable bonds is 11. The number of aromatic amines is 1. The van der Waals surface area contributed by atoms with Crippen molar-refractivity contribution in [3.05, 3.63) is 139 Å². The Balaban J connectivity index is 1.90. The van der Waals surface area contributed by atoms with E-state index in [1.165, 1.54) is 11.6 Å². The number of nitrogens with one attached hydrogen (secondary N) is 1. The maximum atomic E-state index is 12.4. The van der Waals surface area contributed by atoms with Crippen LogP contribution in [-0.4, -0.2) is 44.5 Å². The fraction of sp³-hybridized carbons (Fsp3) is 0.226. The van der Waals surface area contributed by atoms with Crippen LogP contribution in [0.5, 0.6) is 5.75 Å². The minimum absolute atomic E-state index is 0.105. The number of nitrogens with zero attached hydrogens (tertiary/aromatic N) is 1. The minimum atomic E-state index is -3.81. The summed E-state index contributed by atoms with van der Waals surface area (Å²) in [5.74, 6) is 0.677. The zero-order valence-electron chi connectivity index (χ0n) is 23.3. The third-order valence-corrected chi connectivity index (χ3v) is 7.29. The lowest BCUT2D eigenvalue weighted by Crippen LogP contribution is -2.34. The molecule has 0 radical (unpaired) electrons. The largest absolute Gasteiger partial charge is 0.497 e. The van der Waals surface area contributed by atoms with Gasteiger partial charge in [-0.25, -0.2) is 4.79 Å². The highest BCUT2D eigenvalue weighted by atomic mass is 32.2. The Morgan fingerprint density at radius 1 is 0.878 bits per heavy atom. The third kappa shape index (κ3) is 6.74. The SMILES string of the molecule is COc1ccc(C(OC/C(=C/c2c(C)c(=O)[nH]c(=O)n2C)COS(C)(=O)=O)(c2ccccc2)c2ccccc2)cc1. The van der Waals surface area contributed by atoms with E-state index < -0.39 is 27.0 Å². The molecule has 0 aliphatic heterocycles. The fourth-order valence-corrected chi connectivity index (χ4v) is 4.95. The highest BCUT2D eigenvalue weighted by Crippen LogP contribution is 2.41. The summed E-state index contributed by atoms with van der Waals surface area (Å²) in [6.07, 6.45) is 2.52. The Bertz CT molecular complexity index is 1670. The average Bonchev–Trinajstić information content (AvgIpc) is 2.98. The lowest BCUT2D eigenvalue weighted by molar-refractivity contribution is 0.0254. The number of aromatic nitrogens is 2. The second-order valence-corrected chi connectivity index (χ2v) is 11.2. The number of H-pyrrole nitrogens is 1. The molecular formula is C31H32N2O7S. The maximum absolute atomic E-state index is 12.4. The quantitative estimate of drug-likeness (QED) is 0.213. The van der Waals surface area contributed by atoms with Gasteiger partial charge in [0.15, 0.2) is 0 Å². The van der Waals surface area contributed by atoms with Gasteiger partial charge in [0.25, 0.3) is 15.7 Å². The van der Waals surface area contributed by atoms with Crippen LogP contribution in [0.1, 0.15) is 27.9 Å². The molecule has 4 rings (SSSR count). The van der Waals surface area contributed by atoms with Gasteiger partial charge in [-0.3, -0.25) is 18.5 Å². The Kier molecular flexibility index (Phi) is 9.07. The first kappa shape index (κ1) is 29.7. The molecule has 41 heavy (non-hydrogen) atoms. The summed E-state index contributed by atoms with van der Waals surface area (Å²) in [7, 11) is -0.703. The zero-order chi connectivity index (χ0) is 29.6. The molecule has 10 heteroatoms. The van der Waals surface area contributed by atoms with Crippen LogP contribution in [0.25, 0.3) is 6.08 Å².